The molecule has 0 unspecified atom stereocenters. The van der Waals surface area contributed by atoms with E-state index in [2.05, 4.69) is 5.32 Å². The van der Waals surface area contributed by atoms with Crippen molar-refractivity contribution >= 4 is 29.4 Å². The molecule has 1 aliphatic rings. The van der Waals surface area contributed by atoms with Crippen molar-refractivity contribution in [2.24, 2.45) is 7.05 Å². The molecule has 1 heterocycles. The number of carbonyl (C=O) groups is 3. The van der Waals surface area contributed by atoms with E-state index in [1.165, 1.54) is 0 Å². The van der Waals surface area contributed by atoms with E-state index in [0.29, 0.717) is 23.6 Å². The third kappa shape index (κ3) is 4.28. The fourth-order valence-corrected chi connectivity index (χ4v) is 3.94. The molecule has 28 heavy (non-hydrogen) atoms. The number of aromatic nitrogens is 1. The summed E-state index contributed by atoms with van der Waals surface area (Å²) in [7, 11) is 1.71. The van der Waals surface area contributed by atoms with E-state index in [-0.39, 0.29) is 0 Å². The summed E-state index contributed by atoms with van der Waals surface area (Å²) < 4.78 is 6.94. The lowest BCUT2D eigenvalue weighted by Crippen LogP contribution is -2.42. The Morgan fingerprint density at radius 1 is 1.14 bits per heavy atom. The molecule has 148 valence electrons. The Morgan fingerprint density at radius 3 is 2.54 bits per heavy atom. The summed E-state index contributed by atoms with van der Waals surface area (Å²) in [6.07, 6.45) is 5.87. The third-order valence-electron chi connectivity index (χ3n) is 5.24. The van der Waals surface area contributed by atoms with Gasteiger partial charge >= 0.3 is 5.97 Å². The van der Waals surface area contributed by atoms with Crippen molar-refractivity contribution < 1.29 is 19.1 Å². The molecule has 0 spiro atoms. The standard InChI is InChI=1S/C21H23ClN2O4/c1-24-12-6-9-17(24)19(26)23-18(25)14-28-20(27)21(10-3-2-4-11-21)15-7-5-8-16(22)13-15/h5-9,12-13H,2-4,10-11,14H2,1H3,(H,23,25,26). The van der Waals surface area contributed by atoms with Crippen LogP contribution in [0.4, 0.5) is 0 Å². The molecule has 1 N–H and O–H groups in total. The minimum atomic E-state index is -0.800. The highest BCUT2D eigenvalue weighted by Crippen LogP contribution is 2.41. The number of rotatable bonds is 5. The van der Waals surface area contributed by atoms with Crippen LogP contribution in [0.25, 0.3) is 0 Å². The fourth-order valence-electron chi connectivity index (χ4n) is 3.75. The molecule has 1 aromatic heterocycles. The highest BCUT2D eigenvalue weighted by molar-refractivity contribution is 6.30. The van der Waals surface area contributed by atoms with Crippen LogP contribution in [0.5, 0.6) is 0 Å². The molecule has 2 amide bonds. The number of imide groups is 1. The quantitative estimate of drug-likeness (QED) is 0.778. The van der Waals surface area contributed by atoms with Gasteiger partial charge in [-0.15, -0.1) is 0 Å². The number of ether oxygens (including phenoxy) is 1. The van der Waals surface area contributed by atoms with Crippen LogP contribution in [0.2, 0.25) is 5.02 Å². The maximum Gasteiger partial charge on any atom is 0.317 e. The molecule has 1 saturated carbocycles. The topological polar surface area (TPSA) is 77.4 Å². The molecule has 2 aromatic rings. The summed E-state index contributed by atoms with van der Waals surface area (Å²) in [5.41, 5.74) is 0.360. The van der Waals surface area contributed by atoms with Gasteiger partial charge in [0, 0.05) is 18.3 Å². The maximum atomic E-state index is 13.0. The molecule has 1 aromatic carbocycles. The highest BCUT2D eigenvalue weighted by atomic mass is 35.5. The van der Waals surface area contributed by atoms with Gasteiger partial charge in [0.25, 0.3) is 11.8 Å². The first-order chi connectivity index (χ1) is 13.4. The Kier molecular flexibility index (Phi) is 6.19. The zero-order valence-electron chi connectivity index (χ0n) is 15.7. The van der Waals surface area contributed by atoms with Crippen molar-refractivity contribution in [1.29, 1.82) is 0 Å². The Labute approximate surface area is 168 Å². The molecule has 0 aliphatic heterocycles. The Bertz CT molecular complexity index is 884. The summed E-state index contributed by atoms with van der Waals surface area (Å²) in [6, 6.07) is 10.5. The summed E-state index contributed by atoms with van der Waals surface area (Å²) in [5.74, 6) is -1.64. The number of nitrogens with one attached hydrogen (secondary N) is 1. The molecule has 0 saturated heterocycles. The van der Waals surface area contributed by atoms with Crippen LogP contribution >= 0.6 is 11.6 Å². The first-order valence-corrected chi connectivity index (χ1v) is 9.69. The van der Waals surface area contributed by atoms with Gasteiger partial charge in [0.1, 0.15) is 5.69 Å². The second-order valence-corrected chi connectivity index (χ2v) is 7.55. The van der Waals surface area contributed by atoms with Crippen molar-refractivity contribution in [2.45, 2.75) is 37.5 Å². The third-order valence-corrected chi connectivity index (χ3v) is 5.47. The van der Waals surface area contributed by atoms with Crippen molar-refractivity contribution in [3.8, 4) is 0 Å². The van der Waals surface area contributed by atoms with Gasteiger partial charge in [-0.3, -0.25) is 19.7 Å². The number of nitrogens with zero attached hydrogens (tertiary/aromatic N) is 1. The van der Waals surface area contributed by atoms with Gasteiger partial charge in [-0.05, 0) is 42.7 Å². The molecule has 1 fully saturated rings. The molecular weight excluding hydrogens is 380 g/mol. The average molecular weight is 403 g/mol. The van der Waals surface area contributed by atoms with Gasteiger partial charge in [0.2, 0.25) is 0 Å². The van der Waals surface area contributed by atoms with Gasteiger partial charge in [0.05, 0.1) is 5.41 Å². The summed E-state index contributed by atoms with van der Waals surface area (Å²) in [6.45, 7) is -0.503. The number of esters is 1. The largest absolute Gasteiger partial charge is 0.455 e. The van der Waals surface area contributed by atoms with Crippen LogP contribution in [-0.4, -0.2) is 29.0 Å². The molecule has 1 aliphatic carbocycles. The van der Waals surface area contributed by atoms with E-state index >= 15 is 0 Å². The summed E-state index contributed by atoms with van der Waals surface area (Å²) >= 11 is 6.12. The van der Waals surface area contributed by atoms with Gasteiger partial charge in [-0.2, -0.15) is 0 Å². The predicted octanol–water partition coefficient (Wildman–Crippen LogP) is 3.38. The monoisotopic (exact) mass is 402 g/mol. The first-order valence-electron chi connectivity index (χ1n) is 9.31. The SMILES string of the molecule is Cn1cccc1C(=O)NC(=O)COC(=O)C1(c2cccc(Cl)c2)CCCCC1. The van der Waals surface area contributed by atoms with Crippen molar-refractivity contribution in [1.82, 2.24) is 9.88 Å². The van der Waals surface area contributed by atoms with Crippen LogP contribution in [-0.2, 0) is 26.8 Å². The molecule has 0 bridgehead atoms. The second kappa shape index (κ2) is 8.61. The van der Waals surface area contributed by atoms with E-state index < -0.39 is 29.8 Å². The number of hydrogen-bond donors (Lipinski definition) is 1. The van der Waals surface area contributed by atoms with Crippen LogP contribution in [0, 0.1) is 0 Å². The zero-order chi connectivity index (χ0) is 20.1. The summed E-state index contributed by atoms with van der Waals surface area (Å²) in [5, 5.41) is 2.80. The average Bonchev–Trinajstić information content (AvgIpc) is 3.12. The van der Waals surface area contributed by atoms with E-state index in [4.69, 9.17) is 16.3 Å². The van der Waals surface area contributed by atoms with E-state index in [0.717, 1.165) is 24.8 Å². The van der Waals surface area contributed by atoms with Gasteiger partial charge < -0.3 is 9.30 Å². The number of amides is 2. The smallest absolute Gasteiger partial charge is 0.317 e. The van der Waals surface area contributed by atoms with Crippen molar-refractivity contribution in [2.75, 3.05) is 6.61 Å². The molecule has 0 atom stereocenters. The minimum absolute atomic E-state index is 0.349. The lowest BCUT2D eigenvalue weighted by molar-refractivity contribution is -0.155. The van der Waals surface area contributed by atoms with Gasteiger partial charge in [-0.25, -0.2) is 0 Å². The Hall–Kier alpha value is -2.60. The first kappa shape index (κ1) is 20.1. The second-order valence-electron chi connectivity index (χ2n) is 7.11. The number of halogens is 1. The normalized spacial score (nSPS) is 15.6. The van der Waals surface area contributed by atoms with E-state index in [1.54, 1.807) is 42.1 Å². The number of aryl methyl sites for hydroxylation is 1. The Balaban J connectivity index is 1.66. The predicted molar refractivity (Wildman–Crippen MR) is 105 cm³/mol. The molecule has 7 heteroatoms. The summed E-state index contributed by atoms with van der Waals surface area (Å²) in [4.78, 5) is 37.2. The minimum Gasteiger partial charge on any atom is -0.455 e. The van der Waals surface area contributed by atoms with Crippen LogP contribution in [0.3, 0.4) is 0 Å². The van der Waals surface area contributed by atoms with Gasteiger partial charge in [0.15, 0.2) is 6.61 Å². The lowest BCUT2D eigenvalue weighted by Gasteiger charge is -2.35. The molecular formula is C21H23ClN2O4. The van der Waals surface area contributed by atoms with Gasteiger partial charge in [-0.1, -0.05) is 43.0 Å². The Morgan fingerprint density at radius 2 is 1.89 bits per heavy atom. The fraction of sp³-hybridized carbons (Fsp3) is 0.381. The van der Waals surface area contributed by atoms with E-state index in [1.807, 2.05) is 12.1 Å². The maximum absolute atomic E-state index is 13.0. The number of carbonyl (C=O) groups excluding carboxylic acids is 3. The molecule has 3 rings (SSSR count). The van der Waals surface area contributed by atoms with Crippen molar-refractivity contribution in [3.05, 3.63) is 58.9 Å². The van der Waals surface area contributed by atoms with Crippen molar-refractivity contribution in [3.63, 3.8) is 0 Å². The molecule has 6 nitrogen and oxygen atoms in total. The molecule has 0 radical (unpaired) electrons. The lowest BCUT2D eigenvalue weighted by atomic mass is 9.69. The number of hydrogen-bond acceptors (Lipinski definition) is 4. The van der Waals surface area contributed by atoms with Crippen LogP contribution in [0.15, 0.2) is 42.6 Å². The van der Waals surface area contributed by atoms with Crippen LogP contribution < -0.4 is 5.32 Å². The van der Waals surface area contributed by atoms with E-state index in [9.17, 15) is 14.4 Å². The zero-order valence-corrected chi connectivity index (χ0v) is 16.5. The van der Waals surface area contributed by atoms with Crippen LogP contribution in [0.1, 0.15) is 48.2 Å². The highest BCUT2D eigenvalue weighted by Gasteiger charge is 2.43. The number of benzene rings is 1.